The first-order valence-electron chi connectivity index (χ1n) is 8.26. The molecule has 0 saturated heterocycles. The largest absolute Gasteiger partial charge is 0.478 e. The molecular formula is C18H18ClF3N3O3+. The van der Waals surface area contributed by atoms with Crippen LogP contribution >= 0.6 is 11.6 Å². The van der Waals surface area contributed by atoms with Crippen molar-refractivity contribution >= 4 is 23.5 Å². The molecule has 3 N–H and O–H groups in total. The minimum atomic E-state index is -5.16. The molecule has 2 rings (SSSR count). The lowest BCUT2D eigenvalue weighted by Crippen LogP contribution is -3.06. The molecule has 2 aromatic rings. The molecule has 28 heavy (non-hydrogen) atoms. The summed E-state index contributed by atoms with van der Waals surface area (Å²) in [5.41, 5.74) is -3.28. The van der Waals surface area contributed by atoms with Crippen molar-refractivity contribution in [3.05, 3.63) is 64.9 Å². The van der Waals surface area contributed by atoms with Crippen LogP contribution in [0.15, 0.2) is 48.7 Å². The lowest BCUT2D eigenvalue weighted by atomic mass is 10.1. The number of carbonyl (C=O) groups excluding carboxylic acids is 2. The van der Waals surface area contributed by atoms with E-state index in [4.69, 9.17) is 11.6 Å². The first-order chi connectivity index (χ1) is 13.2. The number of carbonyl (C=O) groups is 2. The molecule has 0 fully saturated rings. The average Bonchev–Trinajstić information content (AvgIpc) is 2.65. The smallest absolute Gasteiger partial charge is 0.460 e. The lowest BCUT2D eigenvalue weighted by molar-refractivity contribution is -0.757. The number of halogens is 4. The number of nitrogens with two attached hydrogens (primary N) is 1. The van der Waals surface area contributed by atoms with Crippen LogP contribution in [0, 0.1) is 0 Å². The van der Waals surface area contributed by atoms with Gasteiger partial charge in [-0.2, -0.15) is 13.2 Å². The van der Waals surface area contributed by atoms with E-state index in [1.807, 2.05) is 0 Å². The fourth-order valence-corrected chi connectivity index (χ4v) is 2.62. The van der Waals surface area contributed by atoms with E-state index in [0.29, 0.717) is 5.32 Å². The second-order valence-electron chi connectivity index (χ2n) is 5.69. The van der Waals surface area contributed by atoms with E-state index < -0.39 is 23.7 Å². The quantitative estimate of drug-likeness (QED) is 0.534. The summed E-state index contributed by atoms with van der Waals surface area (Å²) in [7, 11) is 0. The van der Waals surface area contributed by atoms with Gasteiger partial charge in [0.1, 0.15) is 6.54 Å². The van der Waals surface area contributed by atoms with E-state index in [2.05, 4.69) is 9.72 Å². The Morgan fingerprint density at radius 3 is 2.43 bits per heavy atom. The molecule has 0 unspecified atom stereocenters. The molecule has 6 nitrogen and oxygen atoms in total. The highest BCUT2D eigenvalue weighted by Crippen LogP contribution is 2.28. The Hall–Kier alpha value is -2.65. The zero-order valence-electron chi connectivity index (χ0n) is 14.8. The predicted molar refractivity (Wildman–Crippen MR) is 94.2 cm³/mol. The fraction of sp³-hybridized carbons (Fsp3) is 0.278. The van der Waals surface area contributed by atoms with Gasteiger partial charge in [-0.05, 0) is 31.2 Å². The summed E-state index contributed by atoms with van der Waals surface area (Å²) in [6.45, 7) is 0.742. The Morgan fingerprint density at radius 2 is 1.86 bits per heavy atom. The normalized spacial score (nSPS) is 13.5. The van der Waals surface area contributed by atoms with Gasteiger partial charge < -0.3 is 10.1 Å². The van der Waals surface area contributed by atoms with Crippen molar-refractivity contribution in [3.63, 3.8) is 0 Å². The Bertz CT molecular complexity index is 834. The van der Waals surface area contributed by atoms with Gasteiger partial charge in [0, 0.05) is 6.20 Å². The molecule has 0 aliphatic rings. The second kappa shape index (κ2) is 9.03. The summed E-state index contributed by atoms with van der Waals surface area (Å²) in [5, 5.41) is 2.37. The summed E-state index contributed by atoms with van der Waals surface area (Å²) in [6, 6.07) is 10.3. The van der Waals surface area contributed by atoms with E-state index in [0.717, 1.165) is 0 Å². The summed E-state index contributed by atoms with van der Waals surface area (Å²) >= 11 is 5.90. The SMILES string of the molecule is CCOC(=O)[C@](NC(=O)c1ccccc1Cl)([NH2+]Cc1ccccn1)C(F)(F)F. The van der Waals surface area contributed by atoms with Gasteiger partial charge in [-0.1, -0.05) is 29.8 Å². The lowest BCUT2D eigenvalue weighted by Gasteiger charge is -2.31. The molecule has 10 heteroatoms. The molecule has 1 aromatic carbocycles. The van der Waals surface area contributed by atoms with E-state index >= 15 is 0 Å². The van der Waals surface area contributed by atoms with E-state index in [1.54, 1.807) is 17.4 Å². The molecular weight excluding hydrogens is 399 g/mol. The molecule has 1 atom stereocenters. The highest BCUT2D eigenvalue weighted by atomic mass is 35.5. The van der Waals surface area contributed by atoms with Crippen molar-refractivity contribution in [2.75, 3.05) is 6.61 Å². The number of esters is 1. The third kappa shape index (κ3) is 4.79. The highest BCUT2D eigenvalue weighted by Gasteiger charge is 2.67. The Labute approximate surface area is 164 Å². The van der Waals surface area contributed by atoms with Crippen molar-refractivity contribution in [2.24, 2.45) is 0 Å². The molecule has 1 heterocycles. The van der Waals surface area contributed by atoms with Gasteiger partial charge in [-0.3, -0.25) is 15.1 Å². The van der Waals surface area contributed by atoms with Crippen LogP contribution in [0.1, 0.15) is 23.0 Å². The number of nitrogens with zero attached hydrogens (tertiary/aromatic N) is 1. The topological polar surface area (TPSA) is 84.9 Å². The number of amides is 1. The van der Waals surface area contributed by atoms with Gasteiger partial charge >= 0.3 is 17.8 Å². The van der Waals surface area contributed by atoms with Gasteiger partial charge in [-0.25, -0.2) is 4.79 Å². The maximum Gasteiger partial charge on any atom is 0.478 e. The molecule has 0 saturated carbocycles. The first kappa shape index (κ1) is 21.6. The number of pyridine rings is 1. The van der Waals surface area contributed by atoms with E-state index in [9.17, 15) is 22.8 Å². The maximum atomic E-state index is 14.0. The molecule has 0 radical (unpaired) electrons. The van der Waals surface area contributed by atoms with Crippen molar-refractivity contribution in [2.45, 2.75) is 25.3 Å². The Kier molecular flexibility index (Phi) is 6.98. The Balaban J connectivity index is 2.42. The minimum absolute atomic E-state index is 0.0512. The second-order valence-corrected chi connectivity index (χ2v) is 6.10. The van der Waals surface area contributed by atoms with Crippen molar-refractivity contribution in [1.29, 1.82) is 0 Å². The maximum absolute atomic E-state index is 14.0. The van der Waals surface area contributed by atoms with Gasteiger partial charge in [-0.15, -0.1) is 0 Å². The number of aromatic nitrogens is 1. The average molecular weight is 417 g/mol. The fourth-order valence-electron chi connectivity index (χ4n) is 2.40. The number of alkyl halides is 3. The predicted octanol–water partition coefficient (Wildman–Crippen LogP) is 2.05. The van der Waals surface area contributed by atoms with Crippen molar-refractivity contribution < 1.29 is 32.8 Å². The van der Waals surface area contributed by atoms with Crippen LogP contribution in [0.25, 0.3) is 0 Å². The van der Waals surface area contributed by atoms with Crippen LogP contribution in [0.2, 0.25) is 5.02 Å². The van der Waals surface area contributed by atoms with E-state index in [1.165, 1.54) is 43.5 Å². The Morgan fingerprint density at radius 1 is 1.18 bits per heavy atom. The number of rotatable bonds is 7. The molecule has 1 amide bonds. The van der Waals surface area contributed by atoms with Gasteiger partial charge in [0.15, 0.2) is 0 Å². The molecule has 1 aromatic heterocycles. The third-order valence-electron chi connectivity index (χ3n) is 3.82. The number of nitrogens with one attached hydrogen (secondary N) is 1. The number of hydrogen-bond acceptors (Lipinski definition) is 4. The molecule has 0 spiro atoms. The highest BCUT2D eigenvalue weighted by molar-refractivity contribution is 6.33. The monoisotopic (exact) mass is 416 g/mol. The van der Waals surface area contributed by atoms with Crippen LogP contribution < -0.4 is 10.6 Å². The van der Waals surface area contributed by atoms with Crippen LogP contribution in [0.5, 0.6) is 0 Å². The minimum Gasteiger partial charge on any atom is -0.460 e. The molecule has 150 valence electrons. The summed E-state index contributed by atoms with van der Waals surface area (Å²) in [6.07, 6.45) is -3.75. The number of ether oxygens (including phenoxy) is 1. The van der Waals surface area contributed by atoms with Crippen LogP contribution in [-0.4, -0.2) is 35.3 Å². The zero-order valence-corrected chi connectivity index (χ0v) is 15.6. The van der Waals surface area contributed by atoms with Gasteiger partial charge in [0.05, 0.1) is 22.9 Å². The van der Waals surface area contributed by atoms with Gasteiger partial charge in [0.2, 0.25) is 0 Å². The summed E-state index contributed by atoms with van der Waals surface area (Å²) < 4.78 is 46.7. The zero-order chi connectivity index (χ0) is 20.8. The summed E-state index contributed by atoms with van der Waals surface area (Å²) in [5.74, 6) is -2.80. The number of quaternary nitrogens is 1. The van der Waals surface area contributed by atoms with Crippen molar-refractivity contribution in [3.8, 4) is 0 Å². The summed E-state index contributed by atoms with van der Waals surface area (Å²) in [4.78, 5) is 28.8. The number of benzene rings is 1. The standard InChI is InChI=1S/C18H17ClF3N3O3/c1-2-28-16(27)17(18(20,21)22,24-11-12-7-5-6-10-23-12)25-15(26)13-8-3-4-9-14(13)19/h3-10,24H,2,11H2,1H3,(H,25,26)/p+1/t17-/m1/s1. The van der Waals surface area contributed by atoms with Crippen LogP contribution in [0.3, 0.4) is 0 Å². The van der Waals surface area contributed by atoms with Crippen LogP contribution in [-0.2, 0) is 16.1 Å². The third-order valence-corrected chi connectivity index (χ3v) is 4.15. The van der Waals surface area contributed by atoms with Crippen molar-refractivity contribution in [1.82, 2.24) is 10.3 Å². The van der Waals surface area contributed by atoms with Crippen LogP contribution in [0.4, 0.5) is 13.2 Å². The van der Waals surface area contributed by atoms with E-state index in [-0.39, 0.29) is 29.4 Å². The van der Waals surface area contributed by atoms with Gasteiger partial charge in [0.25, 0.3) is 5.91 Å². The molecule has 0 aliphatic heterocycles. The molecule has 0 bridgehead atoms. The number of hydrogen-bond donors (Lipinski definition) is 2. The first-order valence-corrected chi connectivity index (χ1v) is 8.64. The molecule has 0 aliphatic carbocycles.